The molecule has 2 unspecified atom stereocenters. The van der Waals surface area contributed by atoms with Crippen molar-refractivity contribution in [3.63, 3.8) is 0 Å². The van der Waals surface area contributed by atoms with Gasteiger partial charge in [0.1, 0.15) is 19.3 Å². The Hall–Kier alpha value is -1.94. The molecule has 0 saturated carbocycles. The molecule has 19 heteroatoms. The molecule has 0 aromatic rings. The van der Waals surface area contributed by atoms with Crippen molar-refractivity contribution in [2.45, 2.75) is 369 Å². The molecule has 0 aliphatic heterocycles. The van der Waals surface area contributed by atoms with Crippen LogP contribution in [0.25, 0.3) is 0 Å². The van der Waals surface area contributed by atoms with Crippen molar-refractivity contribution < 1.29 is 80.2 Å². The molecule has 0 saturated heterocycles. The molecule has 0 fully saturated rings. The molecule has 3 N–H and O–H groups in total. The van der Waals surface area contributed by atoms with Crippen LogP contribution in [0.4, 0.5) is 0 Å². The highest BCUT2D eigenvalue weighted by Crippen LogP contribution is 2.45. The Morgan fingerprint density at radius 2 is 0.517 bits per heavy atom. The largest absolute Gasteiger partial charge is 0.472 e. The summed E-state index contributed by atoms with van der Waals surface area (Å²) in [6.45, 7) is 11.8. The Bertz CT molecular complexity index is 1750. The molecule has 17 nitrogen and oxygen atoms in total. The second kappa shape index (κ2) is 61.0. The number of carbonyl (C=O) groups excluding carboxylic acids is 4. The van der Waals surface area contributed by atoms with Gasteiger partial charge in [-0.05, 0) is 43.4 Å². The molecule has 0 rings (SSSR count). The van der Waals surface area contributed by atoms with Crippen LogP contribution in [-0.4, -0.2) is 96.7 Å². The number of unbranched alkanes of at least 4 members (excludes halogenated alkanes) is 36. The summed E-state index contributed by atoms with van der Waals surface area (Å²) < 4.78 is 68.2. The van der Waals surface area contributed by atoms with E-state index in [0.29, 0.717) is 31.6 Å². The van der Waals surface area contributed by atoms with Crippen molar-refractivity contribution in [1.82, 2.24) is 0 Å². The van der Waals surface area contributed by atoms with E-state index in [1.165, 1.54) is 161 Å². The molecule has 528 valence electrons. The smallest absolute Gasteiger partial charge is 0.462 e. The number of phosphoric ester groups is 2. The lowest BCUT2D eigenvalue weighted by Crippen LogP contribution is -2.30. The van der Waals surface area contributed by atoms with E-state index in [4.69, 9.17) is 37.0 Å². The molecule has 0 aliphatic rings. The summed E-state index contributed by atoms with van der Waals surface area (Å²) in [4.78, 5) is 72.5. The van der Waals surface area contributed by atoms with Crippen LogP contribution in [0.5, 0.6) is 0 Å². The summed E-state index contributed by atoms with van der Waals surface area (Å²) in [5.41, 5.74) is 0. The topological polar surface area (TPSA) is 237 Å². The van der Waals surface area contributed by atoms with E-state index < -0.39 is 97.5 Å². The first-order chi connectivity index (χ1) is 42.7. The third-order valence-electron chi connectivity index (χ3n) is 16.1. The molecular formula is C70H136O17P2. The number of carbonyl (C=O) groups is 4. The van der Waals surface area contributed by atoms with Gasteiger partial charge < -0.3 is 33.8 Å². The van der Waals surface area contributed by atoms with Crippen LogP contribution in [0.15, 0.2) is 0 Å². The normalized spacial score (nSPS) is 14.2. The Morgan fingerprint density at radius 1 is 0.303 bits per heavy atom. The molecule has 0 aromatic heterocycles. The number of hydrogen-bond acceptors (Lipinski definition) is 15. The summed E-state index contributed by atoms with van der Waals surface area (Å²) in [6.07, 6.45) is 44.6. The number of esters is 4. The minimum absolute atomic E-state index is 0.103. The van der Waals surface area contributed by atoms with Gasteiger partial charge in [0.05, 0.1) is 26.4 Å². The lowest BCUT2D eigenvalue weighted by Gasteiger charge is -2.21. The first-order valence-electron chi connectivity index (χ1n) is 36.3. The van der Waals surface area contributed by atoms with Crippen molar-refractivity contribution in [2.24, 2.45) is 17.8 Å². The van der Waals surface area contributed by atoms with Crippen molar-refractivity contribution in [3.8, 4) is 0 Å². The van der Waals surface area contributed by atoms with Gasteiger partial charge in [-0.1, -0.05) is 299 Å². The number of aliphatic hydroxyl groups is 1. The predicted octanol–water partition coefficient (Wildman–Crippen LogP) is 19.8. The van der Waals surface area contributed by atoms with Gasteiger partial charge in [0, 0.05) is 25.7 Å². The molecular weight excluding hydrogens is 1170 g/mol. The first-order valence-corrected chi connectivity index (χ1v) is 39.3. The van der Waals surface area contributed by atoms with Gasteiger partial charge in [-0.25, -0.2) is 9.13 Å². The summed E-state index contributed by atoms with van der Waals surface area (Å²) >= 11 is 0. The summed E-state index contributed by atoms with van der Waals surface area (Å²) in [5.74, 6) is 0.0955. The van der Waals surface area contributed by atoms with E-state index in [9.17, 15) is 43.2 Å². The van der Waals surface area contributed by atoms with Gasteiger partial charge in [-0.15, -0.1) is 0 Å². The SMILES string of the molecule is CCCCCCCCCCCCC(=O)OC[C@H](COP(=O)(O)OC[C@H](O)COP(=O)(O)OC[C@@H](COC(=O)CCCCCCCCCCC(C)C)OC(=O)CCCCCCCCCCCCCCCCCC(C)C)OC(=O)CCCCCCCCCC(C)C. The second-order valence-electron chi connectivity index (χ2n) is 26.7. The molecule has 0 spiro atoms. The molecule has 0 amide bonds. The monoisotopic (exact) mass is 1310 g/mol. The molecule has 5 atom stereocenters. The number of hydrogen-bond donors (Lipinski definition) is 3. The first kappa shape index (κ1) is 87.1. The highest BCUT2D eigenvalue weighted by atomic mass is 31.2. The van der Waals surface area contributed by atoms with Crippen LogP contribution < -0.4 is 0 Å². The standard InChI is InChI=1S/C70H136O17P2/c1-8-9-10-11-12-13-22-30-37-44-51-67(72)80-58-66(87-70(75)54-47-40-33-26-29-36-43-50-63(6)7)60-85-89(78,79)83-56-64(71)55-82-88(76,77)84-59-65(57-81-68(73)52-45-38-31-25-24-28-35-42-49-62(4)5)86-69(74)53-46-39-32-23-20-18-16-14-15-17-19-21-27-34-41-48-61(2)3/h61-66,71H,8-60H2,1-7H3,(H,76,77)(H,78,79)/t64-,65-,66-/m1/s1. The summed E-state index contributed by atoms with van der Waals surface area (Å²) in [7, 11) is -9.90. The zero-order valence-corrected chi connectivity index (χ0v) is 59.7. The molecule has 0 radical (unpaired) electrons. The fourth-order valence-electron chi connectivity index (χ4n) is 10.5. The molecule has 0 heterocycles. The van der Waals surface area contributed by atoms with Gasteiger partial charge in [0.25, 0.3) is 0 Å². The Morgan fingerprint density at radius 3 is 0.764 bits per heavy atom. The quantitative estimate of drug-likeness (QED) is 0.0222. The van der Waals surface area contributed by atoms with Gasteiger partial charge in [0.2, 0.25) is 0 Å². The average Bonchev–Trinajstić information content (AvgIpc) is 3.70. The van der Waals surface area contributed by atoms with Crippen molar-refractivity contribution >= 4 is 39.5 Å². The second-order valence-corrected chi connectivity index (χ2v) is 29.6. The Labute approximate surface area is 543 Å². The van der Waals surface area contributed by atoms with E-state index >= 15 is 0 Å². The minimum Gasteiger partial charge on any atom is -0.462 e. The van der Waals surface area contributed by atoms with Crippen molar-refractivity contribution in [2.75, 3.05) is 39.6 Å². The number of ether oxygens (including phenoxy) is 4. The lowest BCUT2D eigenvalue weighted by atomic mass is 10.0. The highest BCUT2D eigenvalue weighted by molar-refractivity contribution is 7.47. The van der Waals surface area contributed by atoms with Gasteiger partial charge in [-0.2, -0.15) is 0 Å². The van der Waals surface area contributed by atoms with E-state index in [0.717, 1.165) is 102 Å². The van der Waals surface area contributed by atoms with Crippen molar-refractivity contribution in [3.05, 3.63) is 0 Å². The summed E-state index contributed by atoms with van der Waals surface area (Å²) in [5, 5.41) is 10.6. The number of aliphatic hydroxyl groups excluding tert-OH is 1. The maximum Gasteiger partial charge on any atom is 0.472 e. The fourth-order valence-corrected chi connectivity index (χ4v) is 12.1. The lowest BCUT2D eigenvalue weighted by molar-refractivity contribution is -0.161. The zero-order chi connectivity index (χ0) is 65.9. The highest BCUT2D eigenvalue weighted by Gasteiger charge is 2.30. The van der Waals surface area contributed by atoms with Crippen molar-refractivity contribution in [1.29, 1.82) is 0 Å². The molecule has 0 aliphatic carbocycles. The van der Waals surface area contributed by atoms with E-state index in [-0.39, 0.29) is 25.7 Å². The molecule has 0 aromatic carbocycles. The third-order valence-corrected chi connectivity index (χ3v) is 18.0. The zero-order valence-electron chi connectivity index (χ0n) is 57.9. The Kier molecular flexibility index (Phi) is 59.6. The third kappa shape index (κ3) is 64.6. The van der Waals surface area contributed by atoms with Crippen LogP contribution in [-0.2, 0) is 65.4 Å². The molecule has 89 heavy (non-hydrogen) atoms. The number of rotatable bonds is 68. The van der Waals surface area contributed by atoms with Gasteiger partial charge >= 0.3 is 39.5 Å². The van der Waals surface area contributed by atoms with E-state index in [2.05, 4.69) is 48.5 Å². The summed E-state index contributed by atoms with van der Waals surface area (Å²) in [6, 6.07) is 0. The fraction of sp³-hybridized carbons (Fsp3) is 0.943. The van der Waals surface area contributed by atoms with E-state index in [1.807, 2.05) is 0 Å². The van der Waals surface area contributed by atoms with Crippen LogP contribution in [0, 0.1) is 17.8 Å². The van der Waals surface area contributed by atoms with Crippen LogP contribution in [0.2, 0.25) is 0 Å². The maximum absolute atomic E-state index is 13.0. The Balaban J connectivity index is 5.21. The number of phosphoric acid groups is 2. The molecule has 0 bridgehead atoms. The van der Waals surface area contributed by atoms with Crippen LogP contribution in [0.3, 0.4) is 0 Å². The van der Waals surface area contributed by atoms with Gasteiger partial charge in [-0.3, -0.25) is 37.3 Å². The van der Waals surface area contributed by atoms with E-state index in [1.54, 1.807) is 0 Å². The average molecular weight is 1310 g/mol. The maximum atomic E-state index is 13.0. The van der Waals surface area contributed by atoms with Crippen LogP contribution in [0.1, 0.15) is 350 Å². The van der Waals surface area contributed by atoms with Gasteiger partial charge in [0.15, 0.2) is 12.2 Å². The predicted molar refractivity (Wildman–Crippen MR) is 358 cm³/mol. The minimum atomic E-state index is -4.95. The van der Waals surface area contributed by atoms with Crippen LogP contribution >= 0.6 is 15.6 Å².